The zero-order chi connectivity index (χ0) is 29.5. The molecule has 0 amide bonds. The lowest BCUT2D eigenvalue weighted by molar-refractivity contribution is -0.138. The zero-order valence-electron chi connectivity index (χ0n) is 20.1. The van der Waals surface area contributed by atoms with Crippen molar-refractivity contribution in [2.75, 3.05) is 5.73 Å². The number of anilines is 1. The van der Waals surface area contributed by atoms with Gasteiger partial charge in [0.05, 0.1) is 23.1 Å². The summed E-state index contributed by atoms with van der Waals surface area (Å²) in [5, 5.41) is 8.34. The first-order chi connectivity index (χ1) is 19.3. The Morgan fingerprint density at radius 3 is 2.02 bits per heavy atom. The molecule has 2 N–H and O–H groups in total. The van der Waals surface area contributed by atoms with Gasteiger partial charge in [-0.2, -0.15) is 36.5 Å². The van der Waals surface area contributed by atoms with Crippen LogP contribution in [0.3, 0.4) is 0 Å². The molecule has 0 aliphatic rings. The van der Waals surface area contributed by atoms with Crippen molar-refractivity contribution < 1.29 is 26.3 Å². The molecule has 208 valence electrons. The van der Waals surface area contributed by atoms with E-state index in [0.29, 0.717) is 21.6 Å². The Balaban J connectivity index is 0.000000165. The lowest BCUT2D eigenvalue weighted by atomic mass is 10.1. The first-order valence-electron chi connectivity index (χ1n) is 11.2. The molecule has 6 rings (SSSR count). The van der Waals surface area contributed by atoms with Crippen molar-refractivity contribution in [2.24, 2.45) is 0 Å². The molecule has 0 saturated carbocycles. The highest BCUT2D eigenvalue weighted by atomic mass is 79.9. The molecule has 0 aliphatic carbocycles. The second-order valence-corrected chi connectivity index (χ2v) is 9.08. The van der Waals surface area contributed by atoms with Crippen LogP contribution in [0.25, 0.3) is 33.8 Å². The van der Waals surface area contributed by atoms with Crippen LogP contribution < -0.4 is 11.5 Å². The summed E-state index contributed by atoms with van der Waals surface area (Å²) in [6.45, 7) is 0. The maximum Gasteiger partial charge on any atom is 0.420 e. The van der Waals surface area contributed by atoms with Crippen LogP contribution in [0.5, 0.6) is 0 Å². The van der Waals surface area contributed by atoms with Gasteiger partial charge in [-0.1, -0.05) is 0 Å². The lowest BCUT2D eigenvalue weighted by Gasteiger charge is -2.10. The molecule has 0 fully saturated rings. The number of nitrogen functional groups attached to an aromatic ring is 1. The lowest BCUT2D eigenvalue weighted by Crippen LogP contribution is -2.10. The third kappa shape index (κ3) is 5.74. The Labute approximate surface area is 233 Å². The van der Waals surface area contributed by atoms with E-state index in [1.165, 1.54) is 27.5 Å². The highest BCUT2D eigenvalue weighted by Crippen LogP contribution is 2.36. The average Bonchev–Trinajstić information content (AvgIpc) is 3.54. The van der Waals surface area contributed by atoms with Gasteiger partial charge in [-0.25, -0.2) is 29.0 Å². The van der Waals surface area contributed by atoms with Crippen LogP contribution in [0.4, 0.5) is 38.0 Å². The molecule has 0 unspecified atom stereocenters. The molecule has 0 saturated heterocycles. The standard InChI is InChI=1S/C12H5BrF3N5.C12H8F3N5/c13-9-5-18-10-2-1-8(20-21(9)10)6-3-7(12(14,15)16)11(17)19-4-6;13-12(14,15)8-5-7(6-18-11(8)16)9-1-2-10-17-3-4-20(10)19-9/h1-5H;1-6H,(H2,16,18). The molecule has 6 aromatic rings. The molecule has 6 aromatic heterocycles. The summed E-state index contributed by atoms with van der Waals surface area (Å²) in [5.41, 5.74) is 14.5. The van der Waals surface area contributed by atoms with E-state index >= 15 is 0 Å². The van der Waals surface area contributed by atoms with Gasteiger partial charge in [-0.3, -0.25) is 0 Å². The third-order valence-electron chi connectivity index (χ3n) is 5.56. The fourth-order valence-electron chi connectivity index (χ4n) is 3.62. The highest BCUT2D eigenvalue weighted by molar-refractivity contribution is 9.10. The van der Waals surface area contributed by atoms with E-state index in [0.717, 1.165) is 18.3 Å². The van der Waals surface area contributed by atoms with Crippen LogP contribution in [0.1, 0.15) is 11.1 Å². The van der Waals surface area contributed by atoms with Gasteiger partial charge >= 0.3 is 12.4 Å². The van der Waals surface area contributed by atoms with Gasteiger partial charge < -0.3 is 5.73 Å². The molecular formula is C24H13BrF6N10. The Kier molecular flexibility index (Phi) is 6.98. The number of nitrogens with two attached hydrogens (primary N) is 1. The van der Waals surface area contributed by atoms with Crippen molar-refractivity contribution in [3.8, 4) is 22.5 Å². The van der Waals surface area contributed by atoms with Crippen molar-refractivity contribution >= 4 is 38.9 Å². The minimum atomic E-state index is -4.69. The quantitative estimate of drug-likeness (QED) is 0.243. The Hall–Kier alpha value is -4.80. The van der Waals surface area contributed by atoms with Gasteiger partial charge in [0.15, 0.2) is 17.1 Å². The van der Waals surface area contributed by atoms with E-state index < -0.39 is 35.1 Å². The van der Waals surface area contributed by atoms with Crippen molar-refractivity contribution in [3.05, 3.63) is 83.1 Å². The van der Waals surface area contributed by atoms with Crippen molar-refractivity contribution in [1.82, 2.24) is 44.9 Å². The molecule has 0 aliphatic heterocycles. The first kappa shape index (κ1) is 27.8. The van der Waals surface area contributed by atoms with Crippen LogP contribution in [-0.2, 0) is 12.4 Å². The van der Waals surface area contributed by atoms with Crippen molar-refractivity contribution in [1.29, 1.82) is 0 Å². The minimum absolute atomic E-state index is 0.141. The fourth-order valence-corrected chi connectivity index (χ4v) is 3.98. The van der Waals surface area contributed by atoms with Gasteiger partial charge in [0.1, 0.15) is 16.0 Å². The third-order valence-corrected chi connectivity index (χ3v) is 6.10. The van der Waals surface area contributed by atoms with Gasteiger partial charge in [0, 0.05) is 35.9 Å². The molecule has 0 bridgehead atoms. The number of hydrogen-bond acceptors (Lipinski definition) is 7. The second kappa shape index (κ2) is 10.3. The molecule has 6 heterocycles. The highest BCUT2D eigenvalue weighted by Gasteiger charge is 2.35. The van der Waals surface area contributed by atoms with Crippen LogP contribution in [-0.4, -0.2) is 39.2 Å². The zero-order valence-corrected chi connectivity index (χ0v) is 21.7. The summed E-state index contributed by atoms with van der Waals surface area (Å²) in [7, 11) is 0. The Bertz CT molecular complexity index is 1880. The smallest absolute Gasteiger partial charge is 0.383 e. The number of alkyl halides is 6. The van der Waals surface area contributed by atoms with E-state index in [1.807, 2.05) is 0 Å². The molecule has 10 nitrogen and oxygen atoms in total. The van der Waals surface area contributed by atoms with E-state index in [1.54, 1.807) is 30.6 Å². The number of nitrogens with zero attached hydrogens (tertiary/aromatic N) is 9. The predicted molar refractivity (Wildman–Crippen MR) is 136 cm³/mol. The van der Waals surface area contributed by atoms with Crippen molar-refractivity contribution in [2.45, 2.75) is 12.4 Å². The predicted octanol–water partition coefficient (Wildman–Crippen LogP) is 5.67. The monoisotopic (exact) mass is 634 g/mol. The molecular weight excluding hydrogens is 622 g/mol. The number of imidazole rings is 2. The van der Waals surface area contributed by atoms with Crippen LogP contribution in [0.2, 0.25) is 0 Å². The number of pyridine rings is 2. The minimum Gasteiger partial charge on any atom is -0.383 e. The topological polar surface area (TPSA) is 134 Å². The van der Waals surface area contributed by atoms with Gasteiger partial charge in [0.25, 0.3) is 0 Å². The number of rotatable bonds is 2. The first-order valence-corrected chi connectivity index (χ1v) is 12.0. The van der Waals surface area contributed by atoms with E-state index in [4.69, 9.17) is 5.73 Å². The molecule has 41 heavy (non-hydrogen) atoms. The summed E-state index contributed by atoms with van der Waals surface area (Å²) in [6, 6.07) is 8.13. The van der Waals surface area contributed by atoms with Crippen LogP contribution >= 0.6 is 15.9 Å². The summed E-state index contributed by atoms with van der Waals surface area (Å²) >= 11 is 3.23. The summed E-state index contributed by atoms with van der Waals surface area (Å²) in [5.74, 6) is -1.61. The Morgan fingerprint density at radius 1 is 0.732 bits per heavy atom. The average molecular weight is 635 g/mol. The molecule has 0 atom stereocenters. The maximum absolute atomic E-state index is 12.8. The second-order valence-electron chi connectivity index (χ2n) is 8.27. The van der Waals surface area contributed by atoms with Gasteiger partial charge in [0.2, 0.25) is 0 Å². The maximum atomic E-state index is 12.8. The fraction of sp³-hybridized carbons (Fsp3) is 0.0833. The summed E-state index contributed by atoms with van der Waals surface area (Å²) in [4.78, 5) is 15.0. The molecule has 17 heteroatoms. The van der Waals surface area contributed by atoms with Crippen LogP contribution in [0.15, 0.2) is 72.0 Å². The number of halogens is 7. The summed E-state index contributed by atoms with van der Waals surface area (Å²) in [6.07, 6.45) is -2.16. The molecule has 0 aromatic carbocycles. The molecule has 2 radical (unpaired) electrons. The summed E-state index contributed by atoms with van der Waals surface area (Å²) < 4.78 is 80.2. The molecule has 0 spiro atoms. The van der Waals surface area contributed by atoms with Gasteiger partial charge in [-0.15, -0.1) is 5.73 Å². The van der Waals surface area contributed by atoms with E-state index in [-0.39, 0.29) is 16.8 Å². The number of hydrogen-bond donors (Lipinski definition) is 1. The van der Waals surface area contributed by atoms with Crippen LogP contribution in [0, 0.1) is 0 Å². The largest absolute Gasteiger partial charge is 0.420 e. The number of aromatic nitrogens is 8. The van der Waals surface area contributed by atoms with Gasteiger partial charge in [-0.05, 0) is 52.3 Å². The van der Waals surface area contributed by atoms with E-state index in [2.05, 4.69) is 46.1 Å². The normalized spacial score (nSPS) is 12.0. The Morgan fingerprint density at radius 2 is 1.34 bits per heavy atom. The van der Waals surface area contributed by atoms with E-state index in [9.17, 15) is 32.1 Å². The SMILES string of the molecule is Nc1ncc(-c2ccc3nccn3n2)cc1C(F)(F)F.[N]c1ncc(-c2ccc3ncc(Br)n3n2)cc1C(F)(F)F. The van der Waals surface area contributed by atoms with Crippen molar-refractivity contribution in [3.63, 3.8) is 0 Å². The number of fused-ring (bicyclic) bond motifs is 2.